The maximum atomic E-state index is 12.5. The lowest BCUT2D eigenvalue weighted by Gasteiger charge is -2.31. The molecule has 0 spiro atoms. The number of nitrogen functional groups attached to an aromatic ring is 1. The number of ether oxygens (including phenoxy) is 3. The van der Waals surface area contributed by atoms with E-state index < -0.39 is 50.4 Å². The van der Waals surface area contributed by atoms with Crippen LogP contribution in [-0.4, -0.2) is 66.8 Å². The number of aromatic nitrogens is 2. The van der Waals surface area contributed by atoms with Crippen molar-refractivity contribution in [3.63, 3.8) is 0 Å². The van der Waals surface area contributed by atoms with Gasteiger partial charge in [0.05, 0.1) is 19.8 Å². The van der Waals surface area contributed by atoms with Crippen LogP contribution in [0.3, 0.4) is 0 Å². The van der Waals surface area contributed by atoms with Crippen molar-refractivity contribution in [2.75, 3.05) is 39.8 Å². The van der Waals surface area contributed by atoms with Crippen LogP contribution in [0.2, 0.25) is 0 Å². The Kier molecular flexibility index (Phi) is 9.65. The fourth-order valence-electron chi connectivity index (χ4n) is 2.76. The van der Waals surface area contributed by atoms with Crippen molar-refractivity contribution < 1.29 is 42.1 Å². The number of anilines is 1. The molecule has 0 bridgehead atoms. The van der Waals surface area contributed by atoms with Gasteiger partial charge in [0.1, 0.15) is 30.8 Å². The van der Waals surface area contributed by atoms with Crippen molar-refractivity contribution in [3.05, 3.63) is 22.2 Å². The summed E-state index contributed by atoms with van der Waals surface area (Å²) in [6.45, 7) is -6.99. The van der Waals surface area contributed by atoms with E-state index in [1.807, 2.05) is 0 Å². The van der Waals surface area contributed by atoms with Gasteiger partial charge in [0.2, 0.25) is 0 Å². The molecule has 1 aliphatic heterocycles. The molecule has 178 valence electrons. The predicted octanol–water partition coefficient (Wildman–Crippen LogP) is -0.657. The van der Waals surface area contributed by atoms with Crippen LogP contribution in [0, 0.1) is 6.92 Å². The van der Waals surface area contributed by atoms with Crippen molar-refractivity contribution in [3.8, 4) is 0 Å². The molecule has 13 nitrogen and oxygen atoms in total. The molecule has 31 heavy (non-hydrogen) atoms. The van der Waals surface area contributed by atoms with Gasteiger partial charge in [-0.05, 0) is 6.92 Å². The van der Waals surface area contributed by atoms with E-state index in [0.717, 1.165) is 11.7 Å². The molecule has 2 rings (SSSR count). The highest BCUT2D eigenvalue weighted by molar-refractivity contribution is 8.32. The zero-order valence-corrected chi connectivity index (χ0v) is 20.2. The van der Waals surface area contributed by atoms with E-state index in [0.29, 0.717) is 5.56 Å². The molecule has 6 atom stereocenters. The Bertz CT molecular complexity index is 913. The Balaban J connectivity index is 2.46. The summed E-state index contributed by atoms with van der Waals surface area (Å²) < 4.78 is 44.9. The molecule has 0 aromatic carbocycles. The molecule has 1 aromatic heterocycles. The smallest absolute Gasteiger partial charge is 0.351 e. The van der Waals surface area contributed by atoms with E-state index >= 15 is 0 Å². The number of hydrogen-bond donors (Lipinski definition) is 2. The first-order valence-electron chi connectivity index (χ1n) is 8.73. The van der Waals surface area contributed by atoms with E-state index in [2.05, 4.69) is 16.8 Å². The summed E-state index contributed by atoms with van der Waals surface area (Å²) in [6.07, 6.45) is -3.23. The molecule has 3 unspecified atom stereocenters. The highest BCUT2D eigenvalue weighted by atomic mass is 32.7. The molecule has 2 heterocycles. The monoisotopic (exact) mass is 519 g/mol. The van der Waals surface area contributed by atoms with E-state index in [1.54, 1.807) is 6.92 Å². The summed E-state index contributed by atoms with van der Waals surface area (Å²) in [5.74, 6) is 0.0329. The van der Waals surface area contributed by atoms with Crippen LogP contribution in [-0.2, 0) is 56.4 Å². The molecule has 0 radical (unpaired) electrons. The second-order valence-electron chi connectivity index (χ2n) is 6.36. The number of hydrogen-bond acceptors (Lipinski definition) is 13. The molecule has 1 aromatic rings. The van der Waals surface area contributed by atoms with Gasteiger partial charge in [0.15, 0.2) is 13.0 Å². The van der Waals surface area contributed by atoms with Crippen LogP contribution in [0.4, 0.5) is 5.82 Å². The van der Waals surface area contributed by atoms with Gasteiger partial charge in [0, 0.05) is 26.0 Å². The van der Waals surface area contributed by atoms with Gasteiger partial charge in [-0.1, -0.05) is 11.8 Å². The average Bonchev–Trinajstić information content (AvgIpc) is 2.99. The maximum absolute atomic E-state index is 12.5. The number of aryl methyl sites for hydroxylation is 1. The second kappa shape index (κ2) is 11.1. The first kappa shape index (κ1) is 26.8. The number of nitrogens with two attached hydrogens (primary N) is 1. The quantitative estimate of drug-likeness (QED) is 0.214. The minimum absolute atomic E-state index is 0.0329. The minimum Gasteiger partial charge on any atom is -0.780 e. The zero-order valence-electron chi connectivity index (χ0n) is 16.8. The molecule has 0 amide bonds. The lowest BCUT2D eigenvalue weighted by atomic mass is 10.1. The summed E-state index contributed by atoms with van der Waals surface area (Å²) >= 11 is 9.16. The van der Waals surface area contributed by atoms with Gasteiger partial charge in [-0.25, -0.2) is 4.79 Å². The van der Waals surface area contributed by atoms with Crippen LogP contribution >= 0.6 is 13.5 Å². The van der Waals surface area contributed by atoms with Crippen LogP contribution in [0.1, 0.15) is 11.8 Å². The van der Waals surface area contributed by atoms with Crippen molar-refractivity contribution in [2.24, 2.45) is 0 Å². The average molecular weight is 519 g/mol. The maximum Gasteiger partial charge on any atom is 0.351 e. The third-order valence-corrected chi connectivity index (χ3v) is 6.65. The van der Waals surface area contributed by atoms with Crippen LogP contribution < -0.4 is 16.3 Å². The van der Waals surface area contributed by atoms with Gasteiger partial charge in [-0.3, -0.25) is 9.13 Å². The zero-order chi connectivity index (χ0) is 23.4. The standard InChI is InChI=1S/C14H25N3O10P2S2/c1-8-6-17(14(18)16-12(8)15)13-11(24-5-4-22-2)10(27-29(21,31)23-3)9(26-13)7-25-28(19,20)30/h6,9-11,13H,4-5,7H2,1-3H3,(H,21,31)(H2,15,16,18)(H2,19,20,30)/p-2/t9-,10+,11?,13-,29?/m1/s1. The molecule has 1 aliphatic rings. The van der Waals surface area contributed by atoms with Crippen molar-refractivity contribution >= 4 is 43.4 Å². The molecule has 3 N–H and O–H groups in total. The predicted molar refractivity (Wildman–Crippen MR) is 112 cm³/mol. The van der Waals surface area contributed by atoms with E-state index in [-0.39, 0.29) is 19.0 Å². The highest BCUT2D eigenvalue weighted by Crippen LogP contribution is 2.50. The summed E-state index contributed by atoms with van der Waals surface area (Å²) in [4.78, 5) is 36.9. The Morgan fingerprint density at radius 2 is 2.10 bits per heavy atom. The molecular weight excluding hydrogens is 496 g/mol. The third kappa shape index (κ3) is 7.56. The van der Waals surface area contributed by atoms with Crippen molar-refractivity contribution in [1.29, 1.82) is 0 Å². The van der Waals surface area contributed by atoms with E-state index in [9.17, 15) is 19.1 Å². The molecule has 0 aliphatic carbocycles. The first-order chi connectivity index (χ1) is 14.4. The normalized spacial score (nSPS) is 27.7. The van der Waals surface area contributed by atoms with Crippen LogP contribution in [0.25, 0.3) is 0 Å². The first-order valence-corrected chi connectivity index (χ1v) is 13.9. The van der Waals surface area contributed by atoms with Crippen LogP contribution in [0.5, 0.6) is 0 Å². The van der Waals surface area contributed by atoms with Gasteiger partial charge >= 0.3 is 5.69 Å². The number of methoxy groups -OCH3 is 1. The Morgan fingerprint density at radius 1 is 1.42 bits per heavy atom. The van der Waals surface area contributed by atoms with Crippen LogP contribution in [0.15, 0.2) is 11.0 Å². The number of nitrogens with zero attached hydrogens (tertiary/aromatic N) is 2. The Hall–Kier alpha value is -0.410. The second-order valence-corrected chi connectivity index (χ2v) is 11.7. The topological polar surface area (TPSA) is 177 Å². The summed E-state index contributed by atoms with van der Waals surface area (Å²) in [6, 6.07) is 0. The fraction of sp³-hybridized carbons (Fsp3) is 0.714. The molecular formula is C14H23N3O10P2S2-2. The highest BCUT2D eigenvalue weighted by Gasteiger charge is 2.49. The molecule has 17 heteroatoms. The summed E-state index contributed by atoms with van der Waals surface area (Å²) in [5.41, 5.74) is 5.40. The minimum atomic E-state index is -4.30. The van der Waals surface area contributed by atoms with Crippen molar-refractivity contribution in [1.82, 2.24) is 9.55 Å². The molecule has 1 saturated heterocycles. The van der Waals surface area contributed by atoms with Crippen molar-refractivity contribution in [2.45, 2.75) is 31.5 Å². The van der Waals surface area contributed by atoms with E-state index in [1.165, 1.54) is 13.3 Å². The Labute approximate surface area is 188 Å². The molecule has 0 saturated carbocycles. The number of rotatable bonds is 11. The van der Waals surface area contributed by atoms with Gasteiger partial charge in [-0.2, -0.15) is 4.98 Å². The molecule has 1 fully saturated rings. The SMILES string of the molecule is COCCOC1[C@@H](OP(=O)([S-])OC)[C@@H](COP([O-])(O)=S)O[C@H]1n1cc(C)c(N)nc1=O. The van der Waals surface area contributed by atoms with Gasteiger partial charge in [-0.15, -0.1) is 0 Å². The van der Waals surface area contributed by atoms with Gasteiger partial charge in [0.25, 0.3) is 0 Å². The fourth-order valence-corrected chi connectivity index (χ4v) is 4.22. The third-order valence-electron chi connectivity index (χ3n) is 4.21. The summed E-state index contributed by atoms with van der Waals surface area (Å²) in [5, 5.41) is 0. The summed E-state index contributed by atoms with van der Waals surface area (Å²) in [7, 11) is 2.55. The Morgan fingerprint density at radius 3 is 2.68 bits per heavy atom. The lowest BCUT2D eigenvalue weighted by molar-refractivity contribution is -0.204. The van der Waals surface area contributed by atoms with E-state index in [4.69, 9.17) is 45.8 Å². The largest absolute Gasteiger partial charge is 0.780 e. The lowest BCUT2D eigenvalue weighted by Crippen LogP contribution is -2.40. The van der Waals surface area contributed by atoms with Gasteiger partial charge < -0.3 is 55.6 Å².